The topological polar surface area (TPSA) is 49.6 Å². The van der Waals surface area contributed by atoms with Crippen LogP contribution < -0.4 is 10.6 Å². The number of carbonyl (C=O) groups excluding carboxylic acids is 1. The molecule has 1 atom stereocenters. The highest BCUT2D eigenvalue weighted by molar-refractivity contribution is 7.99. The van der Waals surface area contributed by atoms with Crippen molar-refractivity contribution in [2.75, 3.05) is 17.2 Å². The maximum Gasteiger partial charge on any atom is 0.242 e. The van der Waals surface area contributed by atoms with Gasteiger partial charge in [-0.15, -0.1) is 11.8 Å². The zero-order valence-corrected chi connectivity index (χ0v) is 13.1. The minimum Gasteiger partial charge on any atom is -0.368 e. The Bertz CT molecular complexity index is 588. The monoisotopic (exact) mass is 307 g/mol. The Kier molecular flexibility index (Phi) is 3.17. The predicted octanol–water partition coefficient (Wildman–Crippen LogP) is 1.83. The van der Waals surface area contributed by atoms with E-state index >= 15 is 0 Å². The molecule has 3 rings (SSSR count). The number of hydrogen-bond acceptors (Lipinski definition) is 3. The number of benzene rings is 1. The molecule has 106 valence electrons. The van der Waals surface area contributed by atoms with E-state index in [9.17, 15) is 4.79 Å². The van der Waals surface area contributed by atoms with E-state index in [0.717, 1.165) is 18.0 Å². The van der Waals surface area contributed by atoms with Crippen molar-refractivity contribution in [3.63, 3.8) is 0 Å². The van der Waals surface area contributed by atoms with Crippen molar-refractivity contribution in [2.45, 2.75) is 30.3 Å². The van der Waals surface area contributed by atoms with Crippen LogP contribution in [-0.2, 0) is 4.79 Å². The molecular formula is C14H17N3OS2. The molecule has 0 aliphatic carbocycles. The zero-order valence-electron chi connectivity index (χ0n) is 11.5. The molecule has 4 nitrogen and oxygen atoms in total. The van der Waals surface area contributed by atoms with E-state index < -0.39 is 5.54 Å². The summed E-state index contributed by atoms with van der Waals surface area (Å²) in [7, 11) is 0. The first-order chi connectivity index (χ1) is 9.43. The van der Waals surface area contributed by atoms with Gasteiger partial charge in [0.15, 0.2) is 5.11 Å². The highest BCUT2D eigenvalue weighted by Gasteiger charge is 2.46. The second-order valence-electron chi connectivity index (χ2n) is 5.62. The predicted molar refractivity (Wildman–Crippen MR) is 86.0 cm³/mol. The molecule has 1 unspecified atom stereocenters. The lowest BCUT2D eigenvalue weighted by atomic mass is 10.0. The molecule has 1 aromatic carbocycles. The summed E-state index contributed by atoms with van der Waals surface area (Å²) in [6, 6.07) is 8.56. The molecular weight excluding hydrogens is 290 g/mol. The van der Waals surface area contributed by atoms with Gasteiger partial charge in [0, 0.05) is 17.2 Å². The number of nitrogens with zero attached hydrogens (tertiary/aromatic N) is 2. The van der Waals surface area contributed by atoms with E-state index in [-0.39, 0.29) is 5.91 Å². The van der Waals surface area contributed by atoms with E-state index in [4.69, 9.17) is 18.0 Å². The number of para-hydroxylation sites is 1. The van der Waals surface area contributed by atoms with Crippen molar-refractivity contribution in [1.29, 1.82) is 0 Å². The summed E-state index contributed by atoms with van der Waals surface area (Å²) in [5.74, 6) is 0.628. The number of primary amides is 1. The zero-order chi connectivity index (χ0) is 14.5. The van der Waals surface area contributed by atoms with Gasteiger partial charge in [-0.2, -0.15) is 0 Å². The van der Waals surface area contributed by atoms with Gasteiger partial charge < -0.3 is 15.5 Å². The molecule has 0 saturated carbocycles. The van der Waals surface area contributed by atoms with Crippen LogP contribution in [0.25, 0.3) is 0 Å². The lowest BCUT2D eigenvalue weighted by Gasteiger charge is -2.34. The highest BCUT2D eigenvalue weighted by Crippen LogP contribution is 2.41. The Labute approximate surface area is 128 Å². The Morgan fingerprint density at radius 1 is 1.45 bits per heavy atom. The number of fused-ring (bicyclic) bond motifs is 3. The lowest BCUT2D eigenvalue weighted by molar-refractivity contribution is -0.125. The minimum atomic E-state index is -0.756. The molecule has 2 heterocycles. The first kappa shape index (κ1) is 13.7. The number of thioether (sulfide) groups is 1. The Morgan fingerprint density at radius 3 is 2.85 bits per heavy atom. The smallest absolute Gasteiger partial charge is 0.242 e. The third-order valence-corrected chi connectivity index (χ3v) is 5.65. The number of nitrogens with two attached hydrogens (primary N) is 1. The summed E-state index contributed by atoms with van der Waals surface area (Å²) in [5, 5.41) is 0.701. The van der Waals surface area contributed by atoms with Crippen molar-refractivity contribution in [1.82, 2.24) is 4.90 Å². The summed E-state index contributed by atoms with van der Waals surface area (Å²) in [6.07, 6.45) is 0. The van der Waals surface area contributed by atoms with Crippen molar-refractivity contribution >= 4 is 40.7 Å². The second kappa shape index (κ2) is 4.63. The van der Waals surface area contributed by atoms with Crippen LogP contribution >= 0.6 is 24.0 Å². The summed E-state index contributed by atoms with van der Waals surface area (Å²) in [6.45, 7) is 4.41. The van der Waals surface area contributed by atoms with Crippen molar-refractivity contribution < 1.29 is 4.79 Å². The van der Waals surface area contributed by atoms with Gasteiger partial charge in [-0.3, -0.25) is 4.79 Å². The Hall–Kier alpha value is -1.27. The van der Waals surface area contributed by atoms with Gasteiger partial charge in [-0.05, 0) is 38.2 Å². The largest absolute Gasteiger partial charge is 0.368 e. The number of amides is 1. The molecule has 2 aliphatic heterocycles. The first-order valence-electron chi connectivity index (χ1n) is 6.55. The SMILES string of the molecule is CC(C)(C(N)=O)N1CC2CSc3ccccc3N2C1=S. The van der Waals surface area contributed by atoms with Crippen LogP contribution in [0.5, 0.6) is 0 Å². The molecule has 1 aromatic rings. The van der Waals surface area contributed by atoms with Gasteiger partial charge in [0.1, 0.15) is 5.54 Å². The summed E-state index contributed by atoms with van der Waals surface area (Å²) >= 11 is 7.46. The average Bonchev–Trinajstić information content (AvgIpc) is 2.77. The number of rotatable bonds is 2. The fourth-order valence-corrected chi connectivity index (χ4v) is 4.31. The van der Waals surface area contributed by atoms with Gasteiger partial charge in [0.05, 0.1) is 11.7 Å². The number of thiocarbonyl (C=S) groups is 1. The van der Waals surface area contributed by atoms with Gasteiger partial charge in [0.25, 0.3) is 0 Å². The van der Waals surface area contributed by atoms with Crippen molar-refractivity contribution in [3.05, 3.63) is 24.3 Å². The van der Waals surface area contributed by atoms with Crippen LogP contribution in [0.2, 0.25) is 0 Å². The molecule has 2 aliphatic rings. The van der Waals surface area contributed by atoms with Gasteiger partial charge in [0.2, 0.25) is 5.91 Å². The summed E-state index contributed by atoms with van der Waals surface area (Å²) < 4.78 is 0. The van der Waals surface area contributed by atoms with Crippen LogP contribution in [0.15, 0.2) is 29.2 Å². The first-order valence-corrected chi connectivity index (χ1v) is 7.95. The molecule has 20 heavy (non-hydrogen) atoms. The van der Waals surface area contributed by atoms with E-state index in [0.29, 0.717) is 11.2 Å². The minimum absolute atomic E-state index is 0.307. The van der Waals surface area contributed by atoms with Crippen molar-refractivity contribution in [3.8, 4) is 0 Å². The quantitative estimate of drug-likeness (QED) is 0.845. The van der Waals surface area contributed by atoms with Gasteiger partial charge in [-0.25, -0.2) is 0 Å². The van der Waals surface area contributed by atoms with Crippen LogP contribution in [0, 0.1) is 0 Å². The van der Waals surface area contributed by atoms with E-state index in [1.165, 1.54) is 4.90 Å². The van der Waals surface area contributed by atoms with Crippen LogP contribution in [0.3, 0.4) is 0 Å². The standard InChI is InChI=1S/C14H17N3OS2/c1-14(2,12(15)18)16-7-9-8-20-11-6-4-3-5-10(11)17(9)13(16)19/h3-6,9H,7-8H2,1-2H3,(H2,15,18). The molecule has 1 amide bonds. The number of hydrogen-bond donors (Lipinski definition) is 1. The summed E-state index contributed by atoms with van der Waals surface area (Å²) in [5.41, 5.74) is 5.92. The lowest BCUT2D eigenvalue weighted by Crippen LogP contribution is -2.54. The molecule has 1 fully saturated rings. The van der Waals surface area contributed by atoms with Crippen LogP contribution in [-0.4, -0.2) is 39.8 Å². The molecule has 0 radical (unpaired) electrons. The maximum absolute atomic E-state index is 11.7. The molecule has 0 spiro atoms. The molecule has 0 aromatic heterocycles. The molecule has 1 saturated heterocycles. The molecule has 6 heteroatoms. The van der Waals surface area contributed by atoms with Crippen LogP contribution in [0.1, 0.15) is 13.8 Å². The third kappa shape index (κ3) is 1.90. The fraction of sp³-hybridized carbons (Fsp3) is 0.429. The van der Waals surface area contributed by atoms with Crippen LogP contribution in [0.4, 0.5) is 5.69 Å². The van der Waals surface area contributed by atoms with E-state index in [1.54, 1.807) is 0 Å². The second-order valence-corrected chi connectivity index (χ2v) is 7.05. The Morgan fingerprint density at radius 2 is 2.15 bits per heavy atom. The average molecular weight is 307 g/mol. The van der Waals surface area contributed by atoms with E-state index in [2.05, 4.69) is 17.0 Å². The summed E-state index contributed by atoms with van der Waals surface area (Å²) in [4.78, 5) is 17.1. The van der Waals surface area contributed by atoms with Crippen molar-refractivity contribution in [2.24, 2.45) is 5.73 Å². The number of anilines is 1. The van der Waals surface area contributed by atoms with Gasteiger partial charge in [-0.1, -0.05) is 12.1 Å². The fourth-order valence-electron chi connectivity index (χ4n) is 2.65. The third-order valence-electron chi connectivity index (χ3n) is 4.03. The normalized spacial score (nSPS) is 21.7. The Balaban J connectivity index is 1.99. The maximum atomic E-state index is 11.7. The highest BCUT2D eigenvalue weighted by atomic mass is 32.2. The molecule has 0 bridgehead atoms. The van der Waals surface area contributed by atoms with E-state index in [1.807, 2.05) is 42.6 Å². The van der Waals surface area contributed by atoms with Gasteiger partial charge >= 0.3 is 0 Å². The molecule has 2 N–H and O–H groups in total. The number of carbonyl (C=O) groups is 1.